The third-order valence-electron chi connectivity index (χ3n) is 3.16. The Kier molecular flexibility index (Phi) is 3.99. The second kappa shape index (κ2) is 5.57. The third-order valence-corrected chi connectivity index (χ3v) is 4.84. The van der Waals surface area contributed by atoms with Crippen LogP contribution < -0.4 is 11.5 Å². The van der Waals surface area contributed by atoms with Crippen molar-refractivity contribution in [3.63, 3.8) is 0 Å². The van der Waals surface area contributed by atoms with Gasteiger partial charge >= 0.3 is 0 Å². The number of anilines is 1. The van der Waals surface area contributed by atoms with Crippen LogP contribution in [0.4, 0.5) is 5.69 Å². The van der Waals surface area contributed by atoms with Crippen LogP contribution in [-0.2, 0) is 15.6 Å². The van der Waals surface area contributed by atoms with Crippen molar-refractivity contribution in [1.82, 2.24) is 0 Å². The van der Waals surface area contributed by atoms with Crippen LogP contribution in [-0.4, -0.2) is 14.3 Å². The van der Waals surface area contributed by atoms with E-state index in [0.717, 1.165) is 5.56 Å². The van der Waals surface area contributed by atoms with Gasteiger partial charge in [-0.2, -0.15) is 0 Å². The minimum absolute atomic E-state index is 0.221. The largest absolute Gasteiger partial charge is 0.398 e. The van der Waals surface area contributed by atoms with Gasteiger partial charge in [0.2, 0.25) is 5.91 Å². The van der Waals surface area contributed by atoms with Crippen molar-refractivity contribution in [2.45, 2.75) is 17.6 Å². The predicted molar refractivity (Wildman–Crippen MR) is 81.4 cm³/mol. The molecule has 0 spiro atoms. The standard InChI is InChI=1S/C15H16N2O3S/c1-10-2-6-13(7-3-10)21(19,20)9-12-5-4-11(15(17)18)8-14(12)16/h2-8H,9,16H2,1H3,(H2,17,18). The Labute approximate surface area is 123 Å². The van der Waals surface area contributed by atoms with Crippen molar-refractivity contribution in [2.75, 3.05) is 5.73 Å². The predicted octanol–water partition coefficient (Wildman–Crippen LogP) is 1.65. The van der Waals surface area contributed by atoms with Gasteiger partial charge in [0.25, 0.3) is 0 Å². The van der Waals surface area contributed by atoms with Crippen molar-refractivity contribution in [2.24, 2.45) is 5.73 Å². The van der Waals surface area contributed by atoms with Gasteiger partial charge in [-0.3, -0.25) is 4.79 Å². The highest BCUT2D eigenvalue weighted by Crippen LogP contribution is 2.21. The summed E-state index contributed by atoms with van der Waals surface area (Å²) in [5, 5.41) is 0. The number of primary amides is 1. The van der Waals surface area contributed by atoms with E-state index in [9.17, 15) is 13.2 Å². The van der Waals surface area contributed by atoms with Gasteiger partial charge in [-0.25, -0.2) is 8.42 Å². The lowest BCUT2D eigenvalue weighted by Gasteiger charge is -2.08. The molecule has 0 aliphatic heterocycles. The summed E-state index contributed by atoms with van der Waals surface area (Å²) >= 11 is 0. The van der Waals surface area contributed by atoms with Gasteiger partial charge in [-0.15, -0.1) is 0 Å². The zero-order valence-corrected chi connectivity index (χ0v) is 12.4. The summed E-state index contributed by atoms with van der Waals surface area (Å²) in [5.74, 6) is -0.823. The van der Waals surface area contributed by atoms with Crippen molar-refractivity contribution >= 4 is 21.4 Å². The number of nitrogens with two attached hydrogens (primary N) is 2. The van der Waals surface area contributed by atoms with E-state index < -0.39 is 15.7 Å². The van der Waals surface area contributed by atoms with Crippen LogP contribution in [0.2, 0.25) is 0 Å². The molecule has 0 atom stereocenters. The van der Waals surface area contributed by atoms with Gasteiger partial charge in [0.15, 0.2) is 9.84 Å². The Morgan fingerprint density at radius 1 is 1.10 bits per heavy atom. The van der Waals surface area contributed by atoms with Gasteiger partial charge in [-0.1, -0.05) is 23.8 Å². The molecule has 0 aliphatic carbocycles. The van der Waals surface area contributed by atoms with Gasteiger partial charge in [-0.05, 0) is 36.8 Å². The summed E-state index contributed by atoms with van der Waals surface area (Å²) in [5.41, 5.74) is 12.9. The monoisotopic (exact) mass is 304 g/mol. The summed E-state index contributed by atoms with van der Waals surface area (Å²) in [6.07, 6.45) is 0. The smallest absolute Gasteiger partial charge is 0.248 e. The summed E-state index contributed by atoms with van der Waals surface area (Å²) in [7, 11) is -3.48. The molecule has 2 aromatic rings. The Balaban J connectivity index is 2.32. The maximum absolute atomic E-state index is 12.3. The van der Waals surface area contributed by atoms with Crippen molar-refractivity contribution < 1.29 is 13.2 Å². The van der Waals surface area contributed by atoms with E-state index in [-0.39, 0.29) is 21.9 Å². The second-order valence-electron chi connectivity index (χ2n) is 4.85. The van der Waals surface area contributed by atoms with Crippen LogP contribution in [0.3, 0.4) is 0 Å². The van der Waals surface area contributed by atoms with Crippen LogP contribution >= 0.6 is 0 Å². The third kappa shape index (κ3) is 3.41. The zero-order valence-electron chi connectivity index (χ0n) is 11.5. The van der Waals surface area contributed by atoms with E-state index in [0.29, 0.717) is 5.56 Å². The highest BCUT2D eigenvalue weighted by molar-refractivity contribution is 7.90. The molecule has 0 aromatic heterocycles. The number of carbonyl (C=O) groups is 1. The summed E-state index contributed by atoms with van der Waals surface area (Å²) in [6, 6.07) is 11.0. The molecular formula is C15H16N2O3S. The number of rotatable bonds is 4. The van der Waals surface area contributed by atoms with Gasteiger partial charge in [0, 0.05) is 11.3 Å². The van der Waals surface area contributed by atoms with E-state index in [1.165, 1.54) is 18.2 Å². The molecule has 2 rings (SSSR count). The Morgan fingerprint density at radius 3 is 2.24 bits per heavy atom. The first-order valence-electron chi connectivity index (χ1n) is 6.27. The lowest BCUT2D eigenvalue weighted by atomic mass is 10.1. The van der Waals surface area contributed by atoms with Crippen LogP contribution in [0.1, 0.15) is 21.5 Å². The minimum Gasteiger partial charge on any atom is -0.398 e. The fourth-order valence-electron chi connectivity index (χ4n) is 1.91. The van der Waals surface area contributed by atoms with Gasteiger partial charge < -0.3 is 11.5 Å². The number of hydrogen-bond acceptors (Lipinski definition) is 4. The first kappa shape index (κ1) is 15.1. The van der Waals surface area contributed by atoms with Crippen LogP contribution in [0.25, 0.3) is 0 Å². The Morgan fingerprint density at radius 2 is 1.71 bits per heavy atom. The van der Waals surface area contributed by atoms with Gasteiger partial charge in [0.05, 0.1) is 10.6 Å². The maximum Gasteiger partial charge on any atom is 0.248 e. The number of carbonyl (C=O) groups excluding carboxylic acids is 1. The second-order valence-corrected chi connectivity index (χ2v) is 6.84. The minimum atomic E-state index is -3.48. The molecule has 5 nitrogen and oxygen atoms in total. The molecule has 21 heavy (non-hydrogen) atoms. The molecule has 0 radical (unpaired) electrons. The lowest BCUT2D eigenvalue weighted by Crippen LogP contribution is -2.12. The fraction of sp³-hybridized carbons (Fsp3) is 0.133. The number of amides is 1. The van der Waals surface area contributed by atoms with E-state index >= 15 is 0 Å². The van der Waals surface area contributed by atoms with Crippen LogP contribution in [0.5, 0.6) is 0 Å². The summed E-state index contributed by atoms with van der Waals surface area (Å²) < 4.78 is 24.7. The molecule has 0 saturated heterocycles. The molecule has 0 heterocycles. The molecule has 0 fully saturated rings. The highest BCUT2D eigenvalue weighted by Gasteiger charge is 2.17. The quantitative estimate of drug-likeness (QED) is 0.838. The van der Waals surface area contributed by atoms with E-state index in [2.05, 4.69) is 0 Å². The van der Waals surface area contributed by atoms with Crippen molar-refractivity contribution in [3.8, 4) is 0 Å². The molecule has 6 heteroatoms. The van der Waals surface area contributed by atoms with Crippen LogP contribution in [0.15, 0.2) is 47.4 Å². The first-order valence-corrected chi connectivity index (χ1v) is 7.92. The molecule has 0 aliphatic rings. The van der Waals surface area contributed by atoms with E-state index in [1.807, 2.05) is 6.92 Å². The molecular weight excluding hydrogens is 288 g/mol. The van der Waals surface area contributed by atoms with E-state index in [4.69, 9.17) is 11.5 Å². The summed E-state index contributed by atoms with van der Waals surface area (Å²) in [6.45, 7) is 1.89. The number of sulfone groups is 1. The molecule has 0 unspecified atom stereocenters. The molecule has 110 valence electrons. The van der Waals surface area contributed by atoms with Crippen molar-refractivity contribution in [1.29, 1.82) is 0 Å². The first-order chi connectivity index (χ1) is 9.79. The van der Waals surface area contributed by atoms with Gasteiger partial charge in [0.1, 0.15) is 0 Å². The SMILES string of the molecule is Cc1ccc(S(=O)(=O)Cc2ccc(C(N)=O)cc2N)cc1. The topological polar surface area (TPSA) is 103 Å². The van der Waals surface area contributed by atoms with E-state index in [1.54, 1.807) is 24.3 Å². The molecule has 4 N–H and O–H groups in total. The molecule has 1 amide bonds. The fourth-order valence-corrected chi connectivity index (χ4v) is 3.30. The molecule has 2 aromatic carbocycles. The lowest BCUT2D eigenvalue weighted by molar-refractivity contribution is 0.100. The molecule has 0 saturated carbocycles. The van der Waals surface area contributed by atoms with Crippen molar-refractivity contribution in [3.05, 3.63) is 59.2 Å². The highest BCUT2D eigenvalue weighted by atomic mass is 32.2. The average molecular weight is 304 g/mol. The number of nitrogen functional groups attached to an aromatic ring is 1. The van der Waals surface area contributed by atoms with Crippen LogP contribution in [0, 0.1) is 6.92 Å². The number of aryl methyl sites for hydroxylation is 1. The summed E-state index contributed by atoms with van der Waals surface area (Å²) in [4.78, 5) is 11.3. The maximum atomic E-state index is 12.3. The normalized spacial score (nSPS) is 11.3. The zero-order chi connectivity index (χ0) is 15.6. The Bertz CT molecular complexity index is 781. The number of benzene rings is 2. The average Bonchev–Trinajstić information content (AvgIpc) is 2.41. The number of hydrogen-bond donors (Lipinski definition) is 2. The molecule has 0 bridgehead atoms. The Hall–Kier alpha value is -2.34.